The molecule has 1 aliphatic carbocycles. The summed E-state index contributed by atoms with van der Waals surface area (Å²) >= 11 is 0. The van der Waals surface area contributed by atoms with Gasteiger partial charge in [0.05, 0.1) is 6.54 Å². The third-order valence-corrected chi connectivity index (χ3v) is 3.47. The van der Waals surface area contributed by atoms with Crippen molar-refractivity contribution in [3.63, 3.8) is 0 Å². The number of hydrogen-bond acceptors (Lipinski definition) is 3. The molecule has 0 radical (unpaired) electrons. The summed E-state index contributed by atoms with van der Waals surface area (Å²) in [5.74, 6) is -1.42. The summed E-state index contributed by atoms with van der Waals surface area (Å²) in [5, 5.41) is 15.2. The molecule has 112 valence electrons. The Morgan fingerprint density at radius 3 is 2.52 bits per heavy atom. The van der Waals surface area contributed by atoms with Gasteiger partial charge in [-0.2, -0.15) is 0 Å². The lowest BCUT2D eigenvalue weighted by Gasteiger charge is -2.27. The van der Waals surface area contributed by atoms with Gasteiger partial charge in [-0.15, -0.1) is 0 Å². The summed E-state index contributed by atoms with van der Waals surface area (Å²) in [6.45, 7) is 0.359. The highest BCUT2D eigenvalue weighted by molar-refractivity contribution is 6.35. The average molecular weight is 288 g/mol. The Morgan fingerprint density at radius 2 is 1.86 bits per heavy atom. The molecule has 21 heavy (non-hydrogen) atoms. The summed E-state index contributed by atoms with van der Waals surface area (Å²) in [4.78, 5) is 23.4. The van der Waals surface area contributed by atoms with E-state index >= 15 is 0 Å². The van der Waals surface area contributed by atoms with Crippen molar-refractivity contribution < 1.29 is 14.7 Å². The van der Waals surface area contributed by atoms with E-state index in [1.54, 1.807) is 6.08 Å². The van der Waals surface area contributed by atoms with E-state index in [9.17, 15) is 14.7 Å². The van der Waals surface area contributed by atoms with Crippen LogP contribution >= 0.6 is 0 Å². The molecule has 0 heterocycles. The van der Waals surface area contributed by atoms with Crippen molar-refractivity contribution in [1.29, 1.82) is 0 Å². The normalized spacial score (nSPS) is 20.8. The molecule has 1 aromatic carbocycles. The molecule has 1 aliphatic rings. The lowest BCUT2D eigenvalue weighted by Crippen LogP contribution is -2.47. The lowest BCUT2D eigenvalue weighted by atomic mass is 9.91. The molecule has 0 saturated carbocycles. The maximum Gasteiger partial charge on any atom is 0.309 e. The Kier molecular flexibility index (Phi) is 5.11. The van der Waals surface area contributed by atoms with Gasteiger partial charge in [-0.1, -0.05) is 42.5 Å². The molecule has 2 rings (SSSR count). The van der Waals surface area contributed by atoms with Crippen molar-refractivity contribution in [3.05, 3.63) is 48.0 Å². The molecular formula is C16H20N2O3. The fraction of sp³-hybridized carbons (Fsp3) is 0.375. The number of nitrogens with one attached hydrogen (secondary N) is 2. The lowest BCUT2D eigenvalue weighted by molar-refractivity contribution is -0.139. The zero-order chi connectivity index (χ0) is 15.1. The number of allylic oxidation sites excluding steroid dienone is 1. The first-order valence-electron chi connectivity index (χ1n) is 7.09. The van der Waals surface area contributed by atoms with E-state index in [0.29, 0.717) is 13.0 Å². The van der Waals surface area contributed by atoms with Crippen LogP contribution in [0, 0.1) is 0 Å². The molecule has 1 unspecified atom stereocenters. The van der Waals surface area contributed by atoms with Crippen molar-refractivity contribution in [2.24, 2.45) is 0 Å². The Morgan fingerprint density at radius 1 is 1.14 bits per heavy atom. The molecule has 0 saturated heterocycles. The maximum absolute atomic E-state index is 11.7. The largest absolute Gasteiger partial charge is 0.384 e. The van der Waals surface area contributed by atoms with Gasteiger partial charge in [-0.05, 0) is 24.8 Å². The van der Waals surface area contributed by atoms with E-state index in [-0.39, 0.29) is 6.54 Å². The predicted octanol–water partition coefficient (Wildman–Crippen LogP) is 0.890. The highest BCUT2D eigenvalue weighted by atomic mass is 16.3. The molecule has 5 heteroatoms. The standard InChI is InChI=1S/C16H20N2O3/c19-14(17-11-13-7-3-1-4-8-13)15(20)18-12-16(21)9-5-2-6-10-16/h1,3-5,7-9,21H,2,6,10-12H2,(H,17,19)(H,18,20). The van der Waals surface area contributed by atoms with Gasteiger partial charge in [0.15, 0.2) is 0 Å². The number of amides is 2. The first kappa shape index (κ1) is 15.3. The van der Waals surface area contributed by atoms with Crippen LogP contribution in [-0.2, 0) is 16.1 Å². The number of carbonyl (C=O) groups is 2. The SMILES string of the molecule is O=C(NCc1ccccc1)C(=O)NCC1(O)C=CCCC1. The minimum Gasteiger partial charge on any atom is -0.384 e. The van der Waals surface area contributed by atoms with Gasteiger partial charge >= 0.3 is 11.8 Å². The van der Waals surface area contributed by atoms with Crippen LogP contribution in [0.4, 0.5) is 0 Å². The highest BCUT2D eigenvalue weighted by Gasteiger charge is 2.26. The van der Waals surface area contributed by atoms with Crippen LogP contribution in [0.3, 0.4) is 0 Å². The summed E-state index contributed by atoms with van der Waals surface area (Å²) in [5.41, 5.74) is -0.111. The highest BCUT2D eigenvalue weighted by Crippen LogP contribution is 2.20. The number of carbonyl (C=O) groups excluding carboxylic acids is 2. The zero-order valence-corrected chi connectivity index (χ0v) is 11.8. The molecule has 0 spiro atoms. The van der Waals surface area contributed by atoms with Crippen LogP contribution in [0.5, 0.6) is 0 Å². The number of aliphatic hydroxyl groups is 1. The Balaban J connectivity index is 1.76. The second kappa shape index (κ2) is 7.04. The average Bonchev–Trinajstić information content (AvgIpc) is 2.52. The van der Waals surface area contributed by atoms with Crippen LogP contribution in [0.15, 0.2) is 42.5 Å². The van der Waals surface area contributed by atoms with Gasteiger partial charge in [0, 0.05) is 6.54 Å². The van der Waals surface area contributed by atoms with Gasteiger partial charge in [0.1, 0.15) is 5.60 Å². The summed E-state index contributed by atoms with van der Waals surface area (Å²) < 4.78 is 0. The Bertz CT molecular complexity index is 528. The van der Waals surface area contributed by atoms with Crippen molar-refractivity contribution in [2.75, 3.05) is 6.54 Å². The van der Waals surface area contributed by atoms with E-state index in [2.05, 4.69) is 10.6 Å². The van der Waals surface area contributed by atoms with Crippen LogP contribution < -0.4 is 10.6 Å². The first-order valence-corrected chi connectivity index (χ1v) is 7.09. The number of rotatable bonds is 4. The maximum atomic E-state index is 11.7. The summed E-state index contributed by atoms with van der Waals surface area (Å²) in [6.07, 6.45) is 6.00. The van der Waals surface area contributed by atoms with Crippen LogP contribution in [-0.4, -0.2) is 29.1 Å². The van der Waals surface area contributed by atoms with Gasteiger partial charge < -0.3 is 15.7 Å². The molecule has 0 aliphatic heterocycles. The monoisotopic (exact) mass is 288 g/mol. The van der Waals surface area contributed by atoms with Gasteiger partial charge in [-0.3, -0.25) is 9.59 Å². The van der Waals surface area contributed by atoms with Crippen molar-refractivity contribution in [3.8, 4) is 0 Å². The van der Waals surface area contributed by atoms with E-state index in [0.717, 1.165) is 18.4 Å². The quantitative estimate of drug-likeness (QED) is 0.569. The van der Waals surface area contributed by atoms with Crippen molar-refractivity contribution >= 4 is 11.8 Å². The van der Waals surface area contributed by atoms with Crippen LogP contribution in [0.1, 0.15) is 24.8 Å². The number of hydrogen-bond donors (Lipinski definition) is 3. The predicted molar refractivity (Wildman–Crippen MR) is 79.2 cm³/mol. The molecule has 5 nitrogen and oxygen atoms in total. The summed E-state index contributed by atoms with van der Waals surface area (Å²) in [7, 11) is 0. The zero-order valence-electron chi connectivity index (χ0n) is 11.8. The molecule has 1 atom stereocenters. The van der Waals surface area contributed by atoms with Crippen LogP contribution in [0.25, 0.3) is 0 Å². The Labute approximate surface area is 124 Å². The third kappa shape index (κ3) is 4.72. The van der Waals surface area contributed by atoms with E-state index in [4.69, 9.17) is 0 Å². The van der Waals surface area contributed by atoms with E-state index in [1.165, 1.54) is 0 Å². The van der Waals surface area contributed by atoms with Crippen molar-refractivity contribution in [2.45, 2.75) is 31.4 Å². The smallest absolute Gasteiger partial charge is 0.309 e. The molecular weight excluding hydrogens is 268 g/mol. The van der Waals surface area contributed by atoms with Crippen molar-refractivity contribution in [1.82, 2.24) is 10.6 Å². The summed E-state index contributed by atoms with van der Waals surface area (Å²) in [6, 6.07) is 9.36. The first-order chi connectivity index (χ1) is 10.1. The molecule has 0 fully saturated rings. The van der Waals surface area contributed by atoms with Gasteiger partial charge in [0.25, 0.3) is 0 Å². The second-order valence-electron chi connectivity index (χ2n) is 5.25. The third-order valence-electron chi connectivity index (χ3n) is 3.47. The minimum absolute atomic E-state index is 0.0566. The van der Waals surface area contributed by atoms with Gasteiger partial charge in [0.2, 0.25) is 0 Å². The minimum atomic E-state index is -1.03. The fourth-order valence-corrected chi connectivity index (χ4v) is 2.23. The van der Waals surface area contributed by atoms with E-state index in [1.807, 2.05) is 36.4 Å². The number of benzene rings is 1. The molecule has 3 N–H and O–H groups in total. The van der Waals surface area contributed by atoms with Gasteiger partial charge in [-0.25, -0.2) is 0 Å². The molecule has 0 aromatic heterocycles. The topological polar surface area (TPSA) is 78.4 Å². The molecule has 2 amide bonds. The van der Waals surface area contributed by atoms with Crippen LogP contribution in [0.2, 0.25) is 0 Å². The fourth-order valence-electron chi connectivity index (χ4n) is 2.23. The molecule has 0 bridgehead atoms. The Hall–Kier alpha value is -2.14. The molecule has 1 aromatic rings. The van der Waals surface area contributed by atoms with E-state index < -0.39 is 17.4 Å². The second-order valence-corrected chi connectivity index (χ2v) is 5.25.